The van der Waals surface area contributed by atoms with Gasteiger partial charge in [0.25, 0.3) is 0 Å². The minimum atomic E-state index is -0.639. The van der Waals surface area contributed by atoms with Crippen LogP contribution < -0.4 is 10.5 Å². The molecule has 1 atom stereocenters. The summed E-state index contributed by atoms with van der Waals surface area (Å²) < 4.78 is 18.1. The highest BCUT2D eigenvalue weighted by Gasteiger charge is 2.10. The molecule has 20 heavy (non-hydrogen) atoms. The van der Waals surface area contributed by atoms with Crippen LogP contribution in [0.2, 0.25) is 0 Å². The summed E-state index contributed by atoms with van der Waals surface area (Å²) in [5, 5.41) is 10.2. The monoisotopic (exact) mass is 293 g/mol. The number of halogens is 1. The van der Waals surface area contributed by atoms with E-state index in [1.54, 1.807) is 19.2 Å². The summed E-state index contributed by atoms with van der Waals surface area (Å²) >= 11 is 1.39. The summed E-state index contributed by atoms with van der Waals surface area (Å²) in [5.41, 5.74) is 6.89. The highest BCUT2D eigenvalue weighted by molar-refractivity contribution is 7.99. The molecule has 1 unspecified atom stereocenters. The number of nitrogen functional groups attached to an aromatic ring is 1. The summed E-state index contributed by atoms with van der Waals surface area (Å²) in [4.78, 5) is 0.758. The number of hydrogen-bond acceptors (Lipinski definition) is 4. The first-order valence-electron chi connectivity index (χ1n) is 6.10. The summed E-state index contributed by atoms with van der Waals surface area (Å²) in [6.07, 6.45) is -0.639. The molecule has 0 amide bonds. The van der Waals surface area contributed by atoms with Crippen LogP contribution in [0.5, 0.6) is 5.75 Å². The van der Waals surface area contributed by atoms with Crippen LogP contribution in [-0.4, -0.2) is 18.0 Å². The summed E-state index contributed by atoms with van der Waals surface area (Å²) in [7, 11) is 1.58. The van der Waals surface area contributed by atoms with Crippen LogP contribution in [0, 0.1) is 5.82 Å². The number of ether oxygens (including phenoxy) is 1. The van der Waals surface area contributed by atoms with Gasteiger partial charge in [0.15, 0.2) is 0 Å². The number of benzene rings is 2. The maximum Gasteiger partial charge on any atom is 0.125 e. The molecule has 0 aliphatic carbocycles. The fourth-order valence-corrected chi connectivity index (χ4v) is 2.68. The largest absolute Gasteiger partial charge is 0.497 e. The van der Waals surface area contributed by atoms with Gasteiger partial charge in [0.2, 0.25) is 0 Å². The average molecular weight is 293 g/mol. The molecule has 2 aromatic rings. The fourth-order valence-electron chi connectivity index (χ4n) is 1.76. The molecule has 3 N–H and O–H groups in total. The molecule has 2 aromatic carbocycles. The Balaban J connectivity index is 2.02. The number of thioether (sulfide) groups is 1. The zero-order valence-corrected chi connectivity index (χ0v) is 11.9. The molecule has 0 heterocycles. The Morgan fingerprint density at radius 1 is 1.30 bits per heavy atom. The highest BCUT2D eigenvalue weighted by Crippen LogP contribution is 2.30. The minimum Gasteiger partial charge on any atom is -0.497 e. The fraction of sp³-hybridized carbons (Fsp3) is 0.200. The lowest BCUT2D eigenvalue weighted by Crippen LogP contribution is -2.01. The van der Waals surface area contributed by atoms with Crippen molar-refractivity contribution in [1.29, 1.82) is 0 Å². The SMILES string of the molecule is COc1cccc(C(O)CSc2ccc(F)cc2N)c1. The standard InChI is InChI=1S/C15H16FNO2S/c1-19-12-4-2-3-10(7-12)14(18)9-20-15-6-5-11(16)8-13(15)17/h2-8,14,18H,9,17H2,1H3. The van der Waals surface area contributed by atoms with Crippen LogP contribution in [0.1, 0.15) is 11.7 Å². The number of aliphatic hydroxyl groups is 1. The molecular weight excluding hydrogens is 277 g/mol. The van der Waals surface area contributed by atoms with Crippen molar-refractivity contribution in [3.8, 4) is 5.75 Å². The number of nitrogens with two attached hydrogens (primary N) is 1. The van der Waals surface area contributed by atoms with Crippen molar-refractivity contribution in [1.82, 2.24) is 0 Å². The van der Waals surface area contributed by atoms with Crippen molar-refractivity contribution < 1.29 is 14.2 Å². The Hall–Kier alpha value is -1.72. The predicted octanol–water partition coefficient (Wildman–Crippen LogP) is 3.24. The Bertz CT molecular complexity index is 592. The van der Waals surface area contributed by atoms with Crippen LogP contribution >= 0.6 is 11.8 Å². The molecule has 0 saturated carbocycles. The molecule has 0 aliphatic rings. The molecule has 0 fully saturated rings. The van der Waals surface area contributed by atoms with Gasteiger partial charge < -0.3 is 15.6 Å². The zero-order chi connectivity index (χ0) is 14.5. The van der Waals surface area contributed by atoms with Gasteiger partial charge in [0.05, 0.1) is 13.2 Å². The van der Waals surface area contributed by atoms with Gasteiger partial charge in [-0.05, 0) is 35.9 Å². The average Bonchev–Trinajstić information content (AvgIpc) is 2.46. The number of rotatable bonds is 5. The van der Waals surface area contributed by atoms with Gasteiger partial charge in [-0.1, -0.05) is 12.1 Å². The lowest BCUT2D eigenvalue weighted by molar-refractivity contribution is 0.203. The molecule has 106 valence electrons. The van der Waals surface area contributed by atoms with Gasteiger partial charge in [-0.15, -0.1) is 11.8 Å². The molecule has 0 bridgehead atoms. The van der Waals surface area contributed by atoms with Gasteiger partial charge in [0, 0.05) is 16.3 Å². The van der Waals surface area contributed by atoms with E-state index in [9.17, 15) is 9.50 Å². The summed E-state index contributed by atoms with van der Waals surface area (Å²) in [5.74, 6) is 0.774. The lowest BCUT2D eigenvalue weighted by Gasteiger charge is -2.12. The van der Waals surface area contributed by atoms with Gasteiger partial charge in [-0.3, -0.25) is 0 Å². The summed E-state index contributed by atoms with van der Waals surface area (Å²) in [6, 6.07) is 11.5. The van der Waals surface area contributed by atoms with E-state index in [2.05, 4.69) is 0 Å². The van der Waals surface area contributed by atoms with E-state index in [4.69, 9.17) is 10.5 Å². The minimum absolute atomic E-state index is 0.361. The molecule has 0 radical (unpaired) electrons. The Kier molecular flexibility index (Phi) is 4.87. The van der Waals surface area contributed by atoms with Crippen molar-refractivity contribution >= 4 is 17.4 Å². The number of hydrogen-bond donors (Lipinski definition) is 2. The van der Waals surface area contributed by atoms with Crippen molar-refractivity contribution in [2.75, 3.05) is 18.6 Å². The first kappa shape index (κ1) is 14.7. The summed E-state index contributed by atoms with van der Waals surface area (Å²) in [6.45, 7) is 0. The van der Waals surface area contributed by atoms with Gasteiger partial charge in [-0.2, -0.15) is 0 Å². The van der Waals surface area contributed by atoms with Gasteiger partial charge in [0.1, 0.15) is 11.6 Å². The van der Waals surface area contributed by atoms with E-state index in [0.717, 1.165) is 10.5 Å². The van der Waals surface area contributed by atoms with E-state index in [0.29, 0.717) is 17.2 Å². The quantitative estimate of drug-likeness (QED) is 0.656. The predicted molar refractivity (Wildman–Crippen MR) is 79.5 cm³/mol. The van der Waals surface area contributed by atoms with E-state index < -0.39 is 6.10 Å². The lowest BCUT2D eigenvalue weighted by atomic mass is 10.1. The second kappa shape index (κ2) is 6.63. The molecule has 0 spiro atoms. The molecule has 2 rings (SSSR count). The van der Waals surface area contributed by atoms with E-state index in [1.165, 1.54) is 23.9 Å². The molecule has 5 heteroatoms. The van der Waals surface area contributed by atoms with Gasteiger partial charge >= 0.3 is 0 Å². The van der Waals surface area contributed by atoms with Crippen molar-refractivity contribution in [3.05, 3.63) is 53.8 Å². The topological polar surface area (TPSA) is 55.5 Å². The Morgan fingerprint density at radius 2 is 2.10 bits per heavy atom. The van der Waals surface area contributed by atoms with E-state index in [1.807, 2.05) is 18.2 Å². The molecule has 0 aliphatic heterocycles. The first-order chi connectivity index (χ1) is 9.60. The third kappa shape index (κ3) is 3.65. The van der Waals surface area contributed by atoms with Crippen LogP contribution in [0.3, 0.4) is 0 Å². The molecule has 0 aromatic heterocycles. The third-order valence-corrected chi connectivity index (χ3v) is 4.01. The van der Waals surface area contributed by atoms with Gasteiger partial charge in [-0.25, -0.2) is 4.39 Å². The third-order valence-electron chi connectivity index (χ3n) is 2.85. The molecule has 0 saturated heterocycles. The second-order valence-electron chi connectivity index (χ2n) is 4.29. The maximum atomic E-state index is 12.9. The van der Waals surface area contributed by atoms with Crippen molar-refractivity contribution in [2.24, 2.45) is 0 Å². The second-order valence-corrected chi connectivity index (χ2v) is 5.35. The molecular formula is C15H16FNO2S. The molecule has 3 nitrogen and oxygen atoms in total. The number of anilines is 1. The highest BCUT2D eigenvalue weighted by atomic mass is 32.2. The maximum absolute atomic E-state index is 12.9. The van der Waals surface area contributed by atoms with E-state index in [-0.39, 0.29) is 5.82 Å². The van der Waals surface area contributed by atoms with E-state index >= 15 is 0 Å². The zero-order valence-electron chi connectivity index (χ0n) is 11.0. The van der Waals surface area contributed by atoms with Crippen LogP contribution in [-0.2, 0) is 0 Å². The van der Waals surface area contributed by atoms with Crippen LogP contribution in [0.25, 0.3) is 0 Å². The smallest absolute Gasteiger partial charge is 0.125 e. The normalized spacial score (nSPS) is 12.2. The van der Waals surface area contributed by atoms with Crippen molar-refractivity contribution in [3.63, 3.8) is 0 Å². The van der Waals surface area contributed by atoms with Crippen LogP contribution in [0.4, 0.5) is 10.1 Å². The first-order valence-corrected chi connectivity index (χ1v) is 7.08. The Labute approximate surface area is 121 Å². The number of aliphatic hydroxyl groups excluding tert-OH is 1. The Morgan fingerprint density at radius 3 is 2.80 bits per heavy atom. The number of methoxy groups -OCH3 is 1. The van der Waals surface area contributed by atoms with Crippen molar-refractivity contribution in [2.45, 2.75) is 11.0 Å². The van der Waals surface area contributed by atoms with Crippen LogP contribution in [0.15, 0.2) is 47.4 Å².